The Morgan fingerprint density at radius 2 is 2.00 bits per heavy atom. The van der Waals surface area contributed by atoms with Gasteiger partial charge in [-0.05, 0) is 66.9 Å². The number of carboxylic acids is 1. The number of aliphatic carboxylic acids is 1. The van der Waals surface area contributed by atoms with Gasteiger partial charge in [0.2, 0.25) is 0 Å². The molecule has 0 radical (unpaired) electrons. The van der Waals surface area contributed by atoms with E-state index in [4.69, 9.17) is 4.74 Å². The fraction of sp³-hybridized carbons (Fsp3) is 0.667. The number of para-hydroxylation sites is 1. The monoisotopic (exact) mass is 330 g/mol. The van der Waals surface area contributed by atoms with E-state index in [1.807, 2.05) is 30.3 Å². The van der Waals surface area contributed by atoms with E-state index in [9.17, 15) is 9.90 Å². The third kappa shape index (κ3) is 2.82. The average Bonchev–Trinajstić information content (AvgIpc) is 2.88. The smallest absolute Gasteiger partial charge is 0.306 e. The minimum Gasteiger partial charge on any atom is -0.494 e. The van der Waals surface area contributed by atoms with Crippen LogP contribution in [0.25, 0.3) is 0 Å². The second-order valence-electron chi connectivity index (χ2n) is 8.47. The molecule has 24 heavy (non-hydrogen) atoms. The van der Waals surface area contributed by atoms with E-state index in [0.717, 1.165) is 18.6 Å². The van der Waals surface area contributed by atoms with Gasteiger partial charge in [0.1, 0.15) is 5.75 Å². The Morgan fingerprint density at radius 3 is 2.54 bits per heavy atom. The molecule has 132 valence electrons. The van der Waals surface area contributed by atoms with Crippen LogP contribution in [0.4, 0.5) is 0 Å². The molecule has 1 N–H and O–H groups in total. The molecule has 2 fully saturated rings. The van der Waals surface area contributed by atoms with Crippen molar-refractivity contribution in [3.8, 4) is 5.75 Å². The van der Waals surface area contributed by atoms with Crippen LogP contribution in [0.2, 0.25) is 0 Å². The van der Waals surface area contributed by atoms with E-state index in [0.29, 0.717) is 24.9 Å². The Hall–Kier alpha value is -1.51. The number of ether oxygens (including phenoxy) is 1. The first-order valence-electron chi connectivity index (χ1n) is 9.27. The SMILES string of the molecule is CC1(C)C2CCC1(C)C(C(CCCOc1ccccc1)C(=O)O)C2. The van der Waals surface area contributed by atoms with Crippen molar-refractivity contribution < 1.29 is 14.6 Å². The maximum atomic E-state index is 11.9. The van der Waals surface area contributed by atoms with Crippen molar-refractivity contribution in [1.29, 1.82) is 0 Å². The summed E-state index contributed by atoms with van der Waals surface area (Å²) in [6.07, 6.45) is 5.04. The lowest BCUT2D eigenvalue weighted by molar-refractivity contribution is -0.146. The van der Waals surface area contributed by atoms with Gasteiger partial charge in [0, 0.05) is 0 Å². The van der Waals surface area contributed by atoms with Gasteiger partial charge in [-0.3, -0.25) is 4.79 Å². The molecule has 3 heteroatoms. The zero-order chi connectivity index (χ0) is 17.4. The molecular formula is C21H30O3. The van der Waals surface area contributed by atoms with Gasteiger partial charge in [-0.2, -0.15) is 0 Å². The molecule has 4 atom stereocenters. The predicted molar refractivity (Wildman–Crippen MR) is 95.0 cm³/mol. The Kier molecular flexibility index (Phi) is 4.63. The van der Waals surface area contributed by atoms with Crippen molar-refractivity contribution in [3.63, 3.8) is 0 Å². The molecule has 0 amide bonds. The molecule has 2 aliphatic carbocycles. The van der Waals surface area contributed by atoms with Crippen molar-refractivity contribution in [2.45, 2.75) is 52.9 Å². The van der Waals surface area contributed by atoms with Crippen LogP contribution in [0.5, 0.6) is 5.75 Å². The maximum Gasteiger partial charge on any atom is 0.306 e. The van der Waals surface area contributed by atoms with Crippen LogP contribution < -0.4 is 4.74 Å². The third-order valence-corrected chi connectivity index (χ3v) is 7.34. The van der Waals surface area contributed by atoms with Gasteiger partial charge < -0.3 is 9.84 Å². The molecule has 1 aromatic carbocycles. The number of benzene rings is 1. The molecular weight excluding hydrogens is 300 g/mol. The Balaban J connectivity index is 1.59. The highest BCUT2D eigenvalue weighted by atomic mass is 16.5. The number of rotatable bonds is 7. The standard InChI is InChI=1S/C21H30O3/c1-20(2)15-11-12-21(20,3)18(14-15)17(19(22)23)10-7-13-24-16-8-5-4-6-9-16/h4-6,8-9,15,17-18H,7,10-14H2,1-3H3,(H,22,23). The van der Waals surface area contributed by atoms with Crippen molar-refractivity contribution >= 4 is 5.97 Å². The minimum atomic E-state index is -0.621. The molecule has 0 aromatic heterocycles. The number of fused-ring (bicyclic) bond motifs is 2. The number of carbonyl (C=O) groups is 1. The predicted octanol–water partition coefficient (Wildman–Crippen LogP) is 5.01. The normalized spacial score (nSPS) is 31.8. The van der Waals surface area contributed by atoms with Gasteiger partial charge in [0.15, 0.2) is 0 Å². The number of hydrogen-bond acceptors (Lipinski definition) is 2. The molecule has 3 rings (SSSR count). The first-order chi connectivity index (χ1) is 11.4. The van der Waals surface area contributed by atoms with Crippen molar-refractivity contribution in [2.24, 2.45) is 28.6 Å². The summed E-state index contributed by atoms with van der Waals surface area (Å²) in [7, 11) is 0. The number of carboxylic acid groups (broad SMARTS) is 1. The molecule has 3 nitrogen and oxygen atoms in total. The fourth-order valence-corrected chi connectivity index (χ4v) is 5.38. The summed E-state index contributed by atoms with van der Waals surface area (Å²) in [5.41, 5.74) is 0.437. The van der Waals surface area contributed by atoms with E-state index >= 15 is 0 Å². The average molecular weight is 330 g/mol. The molecule has 2 saturated carbocycles. The summed E-state index contributed by atoms with van der Waals surface area (Å²) < 4.78 is 5.73. The van der Waals surface area contributed by atoms with Gasteiger partial charge in [-0.15, -0.1) is 0 Å². The fourth-order valence-electron chi connectivity index (χ4n) is 5.38. The van der Waals surface area contributed by atoms with Crippen LogP contribution in [0.1, 0.15) is 52.9 Å². The summed E-state index contributed by atoms with van der Waals surface area (Å²) >= 11 is 0. The zero-order valence-corrected chi connectivity index (χ0v) is 15.1. The minimum absolute atomic E-state index is 0.168. The zero-order valence-electron chi connectivity index (χ0n) is 15.1. The van der Waals surface area contributed by atoms with Crippen molar-refractivity contribution in [2.75, 3.05) is 6.61 Å². The largest absolute Gasteiger partial charge is 0.494 e. The van der Waals surface area contributed by atoms with Crippen molar-refractivity contribution in [1.82, 2.24) is 0 Å². The Labute approximate surface area is 145 Å². The van der Waals surface area contributed by atoms with Crippen LogP contribution >= 0.6 is 0 Å². The van der Waals surface area contributed by atoms with Crippen molar-refractivity contribution in [3.05, 3.63) is 30.3 Å². The highest BCUT2D eigenvalue weighted by molar-refractivity contribution is 5.70. The van der Waals surface area contributed by atoms with Gasteiger partial charge in [0.25, 0.3) is 0 Å². The second kappa shape index (κ2) is 6.42. The van der Waals surface area contributed by atoms with E-state index < -0.39 is 5.97 Å². The molecule has 2 bridgehead atoms. The van der Waals surface area contributed by atoms with E-state index in [-0.39, 0.29) is 16.7 Å². The summed E-state index contributed by atoms with van der Waals surface area (Å²) in [6, 6.07) is 9.74. The lowest BCUT2D eigenvalue weighted by Crippen LogP contribution is -2.38. The molecule has 1 aromatic rings. The lowest BCUT2D eigenvalue weighted by atomic mass is 9.63. The first-order valence-corrected chi connectivity index (χ1v) is 9.27. The first kappa shape index (κ1) is 17.3. The highest BCUT2D eigenvalue weighted by Crippen LogP contribution is 2.69. The lowest BCUT2D eigenvalue weighted by Gasteiger charge is -2.41. The Bertz CT molecular complexity index is 580. The van der Waals surface area contributed by atoms with E-state index in [1.54, 1.807) is 0 Å². The van der Waals surface area contributed by atoms with Crippen LogP contribution in [0.15, 0.2) is 30.3 Å². The molecule has 4 unspecified atom stereocenters. The van der Waals surface area contributed by atoms with Crippen LogP contribution in [-0.2, 0) is 4.79 Å². The van der Waals surface area contributed by atoms with Crippen LogP contribution in [-0.4, -0.2) is 17.7 Å². The van der Waals surface area contributed by atoms with E-state index in [2.05, 4.69) is 20.8 Å². The molecule has 0 aliphatic heterocycles. The quantitative estimate of drug-likeness (QED) is 0.715. The van der Waals surface area contributed by atoms with Crippen LogP contribution in [0, 0.1) is 28.6 Å². The van der Waals surface area contributed by atoms with Gasteiger partial charge in [-0.1, -0.05) is 39.0 Å². The van der Waals surface area contributed by atoms with Gasteiger partial charge in [-0.25, -0.2) is 0 Å². The summed E-state index contributed by atoms with van der Waals surface area (Å²) in [6.45, 7) is 7.62. The number of hydrogen-bond donors (Lipinski definition) is 1. The topological polar surface area (TPSA) is 46.5 Å². The summed E-state index contributed by atoms with van der Waals surface area (Å²) in [5, 5.41) is 9.82. The second-order valence-corrected chi connectivity index (χ2v) is 8.47. The van der Waals surface area contributed by atoms with Gasteiger partial charge in [0.05, 0.1) is 12.5 Å². The van der Waals surface area contributed by atoms with Gasteiger partial charge >= 0.3 is 5.97 Å². The Morgan fingerprint density at radius 1 is 1.29 bits per heavy atom. The highest BCUT2D eigenvalue weighted by Gasteiger charge is 2.63. The summed E-state index contributed by atoms with van der Waals surface area (Å²) in [5.74, 6) is 0.996. The van der Waals surface area contributed by atoms with E-state index in [1.165, 1.54) is 12.8 Å². The summed E-state index contributed by atoms with van der Waals surface area (Å²) in [4.78, 5) is 11.9. The third-order valence-electron chi connectivity index (χ3n) is 7.34. The molecule has 2 aliphatic rings. The van der Waals surface area contributed by atoms with Crippen LogP contribution in [0.3, 0.4) is 0 Å². The molecule has 0 spiro atoms. The maximum absolute atomic E-state index is 11.9. The molecule has 0 heterocycles. The molecule has 0 saturated heterocycles.